The van der Waals surface area contributed by atoms with Crippen LogP contribution in [0.4, 0.5) is 11.8 Å². The molecular formula is C15H22N6O5. The van der Waals surface area contributed by atoms with Crippen molar-refractivity contribution in [1.29, 1.82) is 0 Å². The first-order valence-corrected chi connectivity index (χ1v) is 8.43. The van der Waals surface area contributed by atoms with E-state index >= 15 is 0 Å². The monoisotopic (exact) mass is 366 g/mol. The maximum absolute atomic E-state index is 10.7. The van der Waals surface area contributed by atoms with Crippen molar-refractivity contribution >= 4 is 22.9 Å². The van der Waals surface area contributed by atoms with Gasteiger partial charge in [-0.1, -0.05) is 0 Å². The van der Waals surface area contributed by atoms with Crippen LogP contribution in [0.15, 0.2) is 6.33 Å². The number of aliphatic hydroxyl groups excluding tert-OH is 2. The van der Waals surface area contributed by atoms with Crippen molar-refractivity contribution in [2.75, 3.05) is 43.5 Å². The van der Waals surface area contributed by atoms with Crippen molar-refractivity contribution in [2.45, 2.75) is 31.0 Å². The van der Waals surface area contributed by atoms with Gasteiger partial charge in [0.2, 0.25) is 5.95 Å². The highest BCUT2D eigenvalue weighted by atomic mass is 16.6. The van der Waals surface area contributed by atoms with Crippen LogP contribution in [0.3, 0.4) is 0 Å². The number of ether oxygens (including phenoxy) is 2. The Labute approximate surface area is 149 Å². The summed E-state index contributed by atoms with van der Waals surface area (Å²) < 4.78 is 12.5. The molecule has 0 aromatic carbocycles. The number of fused-ring (bicyclic) bond motifs is 1. The van der Waals surface area contributed by atoms with Gasteiger partial charge in [-0.3, -0.25) is 4.57 Å². The average Bonchev–Trinajstić information content (AvgIpc) is 3.14. The SMILES string of the molecule is CC1(O)C(O)C(CO)OC1n1cnc2c(N3CCOCC3)nc(N)nc21. The van der Waals surface area contributed by atoms with E-state index in [0.717, 1.165) is 0 Å². The molecule has 11 nitrogen and oxygen atoms in total. The molecule has 0 radical (unpaired) electrons. The van der Waals surface area contributed by atoms with Crippen molar-refractivity contribution in [3.05, 3.63) is 6.33 Å². The summed E-state index contributed by atoms with van der Waals surface area (Å²) in [5.41, 5.74) is 5.15. The van der Waals surface area contributed by atoms with Gasteiger partial charge in [0.05, 0.1) is 26.1 Å². The number of morpholine rings is 1. The largest absolute Gasteiger partial charge is 0.394 e. The number of hydrogen-bond donors (Lipinski definition) is 4. The molecule has 2 aromatic rings. The number of imidazole rings is 1. The number of aromatic nitrogens is 4. The lowest BCUT2D eigenvalue weighted by molar-refractivity contribution is -0.0950. The van der Waals surface area contributed by atoms with Gasteiger partial charge < -0.3 is 35.4 Å². The quantitative estimate of drug-likeness (QED) is 0.492. The number of nitrogen functional groups attached to an aromatic ring is 1. The van der Waals surface area contributed by atoms with Crippen LogP contribution in [0, 0.1) is 0 Å². The minimum atomic E-state index is -1.64. The van der Waals surface area contributed by atoms with Gasteiger partial charge in [-0.05, 0) is 6.92 Å². The molecule has 2 aromatic heterocycles. The van der Waals surface area contributed by atoms with Gasteiger partial charge >= 0.3 is 0 Å². The molecule has 0 amide bonds. The summed E-state index contributed by atoms with van der Waals surface area (Å²) in [7, 11) is 0. The Hall–Kier alpha value is -2.05. The van der Waals surface area contributed by atoms with Crippen LogP contribution in [-0.2, 0) is 9.47 Å². The fraction of sp³-hybridized carbons (Fsp3) is 0.667. The van der Waals surface area contributed by atoms with E-state index in [4.69, 9.17) is 15.2 Å². The average molecular weight is 366 g/mol. The van der Waals surface area contributed by atoms with E-state index in [1.54, 1.807) is 0 Å². The Morgan fingerprint density at radius 2 is 2.08 bits per heavy atom. The molecule has 0 saturated carbocycles. The van der Waals surface area contributed by atoms with Gasteiger partial charge in [-0.25, -0.2) is 4.98 Å². The zero-order valence-electron chi connectivity index (χ0n) is 14.3. The van der Waals surface area contributed by atoms with Gasteiger partial charge in [-0.2, -0.15) is 9.97 Å². The Morgan fingerprint density at radius 1 is 1.35 bits per heavy atom. The lowest BCUT2D eigenvalue weighted by Crippen LogP contribution is -2.44. The first kappa shape index (κ1) is 17.4. The fourth-order valence-electron chi connectivity index (χ4n) is 3.48. The van der Waals surface area contributed by atoms with E-state index in [1.807, 2.05) is 4.90 Å². The number of hydrogen-bond acceptors (Lipinski definition) is 10. The van der Waals surface area contributed by atoms with E-state index in [0.29, 0.717) is 43.3 Å². The van der Waals surface area contributed by atoms with Crippen molar-refractivity contribution in [3.8, 4) is 0 Å². The highest BCUT2D eigenvalue weighted by Gasteiger charge is 2.53. The summed E-state index contributed by atoms with van der Waals surface area (Å²) in [6, 6.07) is 0. The standard InChI is InChI=1S/C15H22N6O5/c1-15(24)10(23)8(6-22)26-13(15)21-7-17-9-11(18-14(16)19-12(9)21)20-2-4-25-5-3-20/h7-8,10,13,22-24H,2-6H2,1H3,(H2,16,18,19). The second-order valence-corrected chi connectivity index (χ2v) is 6.71. The van der Waals surface area contributed by atoms with Gasteiger partial charge in [0.15, 0.2) is 23.2 Å². The molecule has 26 heavy (non-hydrogen) atoms. The Balaban J connectivity index is 1.79. The molecule has 5 N–H and O–H groups in total. The maximum atomic E-state index is 10.7. The molecule has 0 spiro atoms. The predicted molar refractivity (Wildman–Crippen MR) is 90.4 cm³/mol. The van der Waals surface area contributed by atoms with Crippen molar-refractivity contribution in [3.63, 3.8) is 0 Å². The number of anilines is 2. The third kappa shape index (κ3) is 2.59. The first-order chi connectivity index (χ1) is 12.4. The number of nitrogens with two attached hydrogens (primary N) is 1. The van der Waals surface area contributed by atoms with Gasteiger partial charge in [0.25, 0.3) is 0 Å². The smallest absolute Gasteiger partial charge is 0.224 e. The molecule has 4 atom stereocenters. The van der Waals surface area contributed by atoms with Crippen LogP contribution in [0.1, 0.15) is 13.2 Å². The third-order valence-corrected chi connectivity index (χ3v) is 4.92. The Morgan fingerprint density at radius 3 is 2.73 bits per heavy atom. The van der Waals surface area contributed by atoms with Crippen molar-refractivity contribution in [1.82, 2.24) is 19.5 Å². The van der Waals surface area contributed by atoms with E-state index in [2.05, 4.69) is 15.0 Å². The minimum absolute atomic E-state index is 0.0673. The van der Waals surface area contributed by atoms with Gasteiger partial charge in [0, 0.05) is 13.1 Å². The number of aliphatic hydroxyl groups is 3. The molecule has 11 heteroatoms. The molecule has 0 aliphatic carbocycles. The molecule has 4 rings (SSSR count). The molecule has 0 bridgehead atoms. The fourth-order valence-corrected chi connectivity index (χ4v) is 3.48. The van der Waals surface area contributed by atoms with E-state index in [-0.39, 0.29) is 5.95 Å². The van der Waals surface area contributed by atoms with Gasteiger partial charge in [-0.15, -0.1) is 0 Å². The summed E-state index contributed by atoms with van der Waals surface area (Å²) >= 11 is 0. The van der Waals surface area contributed by atoms with Crippen LogP contribution in [0.5, 0.6) is 0 Å². The summed E-state index contributed by atoms with van der Waals surface area (Å²) in [5.74, 6) is 0.657. The van der Waals surface area contributed by atoms with Crippen LogP contribution >= 0.6 is 0 Å². The third-order valence-electron chi connectivity index (χ3n) is 4.92. The zero-order chi connectivity index (χ0) is 18.5. The lowest BCUT2D eigenvalue weighted by Gasteiger charge is -2.28. The van der Waals surface area contributed by atoms with Crippen LogP contribution in [0.25, 0.3) is 11.2 Å². The van der Waals surface area contributed by atoms with Crippen molar-refractivity contribution in [2.24, 2.45) is 0 Å². The van der Waals surface area contributed by atoms with Crippen LogP contribution in [0.2, 0.25) is 0 Å². The lowest BCUT2D eigenvalue weighted by atomic mass is 9.96. The van der Waals surface area contributed by atoms with E-state index < -0.39 is 30.6 Å². The highest BCUT2D eigenvalue weighted by Crippen LogP contribution is 2.40. The molecule has 4 unspecified atom stereocenters. The van der Waals surface area contributed by atoms with Gasteiger partial charge in [0.1, 0.15) is 17.8 Å². The molecular weight excluding hydrogens is 344 g/mol. The Bertz CT molecular complexity index is 805. The highest BCUT2D eigenvalue weighted by molar-refractivity contribution is 5.85. The topological polar surface area (TPSA) is 152 Å². The summed E-state index contributed by atoms with van der Waals surface area (Å²) in [6.45, 7) is 3.49. The summed E-state index contributed by atoms with van der Waals surface area (Å²) in [6.07, 6.45) is -1.68. The molecule has 2 aliphatic rings. The van der Waals surface area contributed by atoms with E-state index in [9.17, 15) is 15.3 Å². The molecule has 2 fully saturated rings. The number of nitrogens with zero attached hydrogens (tertiary/aromatic N) is 5. The zero-order valence-corrected chi connectivity index (χ0v) is 14.3. The van der Waals surface area contributed by atoms with Crippen molar-refractivity contribution < 1.29 is 24.8 Å². The predicted octanol–water partition coefficient (Wildman–Crippen LogP) is -1.75. The molecule has 2 aliphatic heterocycles. The molecule has 142 valence electrons. The van der Waals surface area contributed by atoms with Crippen LogP contribution in [-0.4, -0.2) is 85.6 Å². The van der Waals surface area contributed by atoms with E-state index in [1.165, 1.54) is 17.8 Å². The molecule has 4 heterocycles. The summed E-state index contributed by atoms with van der Waals surface area (Å²) in [5, 5.41) is 30.3. The molecule has 2 saturated heterocycles. The summed E-state index contributed by atoms with van der Waals surface area (Å²) in [4.78, 5) is 15.0. The Kier molecular flexibility index (Phi) is 4.20. The normalized spacial score (nSPS) is 32.5. The van der Waals surface area contributed by atoms with Crippen LogP contribution < -0.4 is 10.6 Å². The minimum Gasteiger partial charge on any atom is -0.394 e. The second-order valence-electron chi connectivity index (χ2n) is 6.71. The first-order valence-electron chi connectivity index (χ1n) is 8.43. The second kappa shape index (κ2) is 6.28. The maximum Gasteiger partial charge on any atom is 0.224 e. The number of rotatable bonds is 3.